The van der Waals surface area contributed by atoms with E-state index in [1.165, 1.54) is 0 Å². The van der Waals surface area contributed by atoms with Gasteiger partial charge < -0.3 is 19.2 Å². The maximum Gasteiger partial charge on any atom is 0.287 e. The van der Waals surface area contributed by atoms with Gasteiger partial charge in [-0.1, -0.05) is 6.07 Å². The van der Waals surface area contributed by atoms with E-state index in [0.29, 0.717) is 30.3 Å². The summed E-state index contributed by atoms with van der Waals surface area (Å²) in [5, 5.41) is 2.75. The highest BCUT2D eigenvalue weighted by atomic mass is 79.9. The first-order chi connectivity index (χ1) is 10.2. The van der Waals surface area contributed by atoms with Crippen LogP contribution < -0.4 is 10.1 Å². The fourth-order valence-corrected chi connectivity index (χ4v) is 1.84. The van der Waals surface area contributed by atoms with Crippen LogP contribution in [0.15, 0.2) is 39.5 Å². The van der Waals surface area contributed by atoms with Crippen molar-refractivity contribution in [1.82, 2.24) is 10.3 Å². The van der Waals surface area contributed by atoms with E-state index in [2.05, 4.69) is 26.2 Å². The number of amides is 1. The Morgan fingerprint density at radius 3 is 2.81 bits per heavy atom. The standard InChI is InChI=1S/C14H15BrN2O4/c1-19-6-7-20-13-5-2-10(8-16-13)9-17-14(18)11-3-4-12(15)21-11/h2-5,8H,6-7,9H2,1H3,(H,17,18). The molecule has 0 atom stereocenters. The molecule has 0 unspecified atom stereocenters. The molecule has 2 aromatic heterocycles. The van der Waals surface area contributed by atoms with Gasteiger partial charge in [0.25, 0.3) is 5.91 Å². The summed E-state index contributed by atoms with van der Waals surface area (Å²) >= 11 is 3.15. The first-order valence-corrected chi connectivity index (χ1v) is 7.08. The van der Waals surface area contributed by atoms with Crippen LogP contribution in [-0.2, 0) is 11.3 Å². The van der Waals surface area contributed by atoms with Crippen molar-refractivity contribution in [1.29, 1.82) is 0 Å². The van der Waals surface area contributed by atoms with Crippen LogP contribution in [0.25, 0.3) is 0 Å². The minimum atomic E-state index is -0.277. The Labute approximate surface area is 130 Å². The third-order valence-corrected chi connectivity index (χ3v) is 3.01. The summed E-state index contributed by atoms with van der Waals surface area (Å²) in [4.78, 5) is 15.9. The van der Waals surface area contributed by atoms with E-state index < -0.39 is 0 Å². The molecule has 1 amide bonds. The van der Waals surface area contributed by atoms with Crippen molar-refractivity contribution >= 4 is 21.8 Å². The molecule has 1 N–H and O–H groups in total. The highest BCUT2D eigenvalue weighted by Gasteiger charge is 2.09. The van der Waals surface area contributed by atoms with Crippen LogP contribution in [-0.4, -0.2) is 31.2 Å². The number of rotatable bonds is 7. The average molecular weight is 355 g/mol. The topological polar surface area (TPSA) is 73.6 Å². The van der Waals surface area contributed by atoms with E-state index in [0.717, 1.165) is 5.56 Å². The molecule has 2 aromatic rings. The molecule has 0 aliphatic rings. The minimum absolute atomic E-state index is 0.259. The quantitative estimate of drug-likeness (QED) is 0.772. The van der Waals surface area contributed by atoms with Gasteiger partial charge in [0.15, 0.2) is 10.4 Å². The lowest BCUT2D eigenvalue weighted by Crippen LogP contribution is -2.22. The number of nitrogens with one attached hydrogen (secondary N) is 1. The van der Waals surface area contributed by atoms with Crippen molar-refractivity contribution in [2.75, 3.05) is 20.3 Å². The molecular weight excluding hydrogens is 340 g/mol. The van der Waals surface area contributed by atoms with Crippen LogP contribution in [0, 0.1) is 0 Å². The molecule has 0 aliphatic heterocycles. The van der Waals surface area contributed by atoms with E-state index in [4.69, 9.17) is 13.9 Å². The molecule has 0 radical (unpaired) electrons. The number of carbonyl (C=O) groups excluding carboxylic acids is 1. The smallest absolute Gasteiger partial charge is 0.287 e. The maximum absolute atomic E-state index is 11.8. The lowest BCUT2D eigenvalue weighted by Gasteiger charge is -2.06. The number of aromatic nitrogens is 1. The van der Waals surface area contributed by atoms with E-state index in [1.54, 1.807) is 31.5 Å². The third-order valence-electron chi connectivity index (χ3n) is 2.59. The van der Waals surface area contributed by atoms with Crippen molar-refractivity contribution in [2.45, 2.75) is 6.54 Å². The second-order valence-corrected chi connectivity index (χ2v) is 4.91. The molecule has 0 fully saturated rings. The molecule has 6 nitrogen and oxygen atoms in total. The number of nitrogens with zero attached hydrogens (tertiary/aromatic N) is 1. The molecule has 112 valence electrons. The lowest BCUT2D eigenvalue weighted by atomic mass is 10.3. The highest BCUT2D eigenvalue weighted by molar-refractivity contribution is 9.10. The predicted octanol–water partition coefficient (Wildman–Crippen LogP) is 2.39. The molecular formula is C14H15BrN2O4. The van der Waals surface area contributed by atoms with E-state index in [1.807, 2.05) is 6.07 Å². The van der Waals surface area contributed by atoms with Gasteiger partial charge in [0.1, 0.15) is 6.61 Å². The Bertz CT molecular complexity index is 583. The van der Waals surface area contributed by atoms with Gasteiger partial charge in [-0.25, -0.2) is 4.98 Å². The number of hydrogen-bond donors (Lipinski definition) is 1. The number of pyridine rings is 1. The van der Waals surface area contributed by atoms with Crippen molar-refractivity contribution in [2.24, 2.45) is 0 Å². The number of ether oxygens (including phenoxy) is 2. The zero-order chi connectivity index (χ0) is 15.1. The Kier molecular flexibility index (Phi) is 5.77. The Morgan fingerprint density at radius 1 is 1.33 bits per heavy atom. The second kappa shape index (κ2) is 7.80. The third kappa shape index (κ3) is 4.87. The van der Waals surface area contributed by atoms with Crippen molar-refractivity contribution < 1.29 is 18.7 Å². The number of halogens is 1. The first kappa shape index (κ1) is 15.5. The van der Waals surface area contributed by atoms with Gasteiger partial charge in [-0.2, -0.15) is 0 Å². The summed E-state index contributed by atoms with van der Waals surface area (Å²) in [5.41, 5.74) is 0.869. The molecule has 0 aliphatic carbocycles. The van der Waals surface area contributed by atoms with Crippen molar-refractivity contribution in [3.63, 3.8) is 0 Å². The molecule has 0 saturated heterocycles. The summed E-state index contributed by atoms with van der Waals surface area (Å²) < 4.78 is 15.9. The monoisotopic (exact) mass is 354 g/mol. The summed E-state index contributed by atoms with van der Waals surface area (Å²) in [6, 6.07) is 6.86. The molecule has 21 heavy (non-hydrogen) atoms. The van der Waals surface area contributed by atoms with Gasteiger partial charge >= 0.3 is 0 Å². The zero-order valence-electron chi connectivity index (χ0n) is 11.5. The largest absolute Gasteiger partial charge is 0.475 e. The van der Waals surface area contributed by atoms with Gasteiger partial charge in [-0.05, 0) is 33.6 Å². The van der Waals surface area contributed by atoms with Crippen LogP contribution in [0.5, 0.6) is 5.88 Å². The van der Waals surface area contributed by atoms with Crippen molar-refractivity contribution in [3.05, 3.63) is 46.5 Å². The van der Waals surface area contributed by atoms with Crippen LogP contribution in [0.2, 0.25) is 0 Å². The second-order valence-electron chi connectivity index (χ2n) is 4.13. The van der Waals surface area contributed by atoms with Gasteiger partial charge in [-0.15, -0.1) is 0 Å². The van der Waals surface area contributed by atoms with Crippen LogP contribution in [0.3, 0.4) is 0 Å². The SMILES string of the molecule is COCCOc1ccc(CNC(=O)c2ccc(Br)o2)cn1. The molecule has 0 aromatic carbocycles. The normalized spacial score (nSPS) is 10.4. The molecule has 0 saturated carbocycles. The summed E-state index contributed by atoms with van der Waals surface area (Å²) in [7, 11) is 1.61. The Balaban J connectivity index is 1.82. The molecule has 0 bridgehead atoms. The van der Waals surface area contributed by atoms with Gasteiger partial charge in [0.05, 0.1) is 6.61 Å². The zero-order valence-corrected chi connectivity index (χ0v) is 13.1. The van der Waals surface area contributed by atoms with Crippen LogP contribution in [0.4, 0.5) is 0 Å². The van der Waals surface area contributed by atoms with Crippen molar-refractivity contribution in [3.8, 4) is 5.88 Å². The van der Waals surface area contributed by atoms with Gasteiger partial charge in [-0.3, -0.25) is 4.79 Å². The van der Waals surface area contributed by atoms with E-state index in [-0.39, 0.29) is 11.7 Å². The lowest BCUT2D eigenvalue weighted by molar-refractivity contribution is 0.0922. The maximum atomic E-state index is 11.8. The highest BCUT2D eigenvalue weighted by Crippen LogP contribution is 2.14. The molecule has 2 heterocycles. The summed E-state index contributed by atoms with van der Waals surface area (Å²) in [6.45, 7) is 1.33. The average Bonchev–Trinajstić information content (AvgIpc) is 2.93. The molecule has 0 spiro atoms. The summed E-state index contributed by atoms with van der Waals surface area (Å²) in [6.07, 6.45) is 1.65. The van der Waals surface area contributed by atoms with Gasteiger partial charge in [0.2, 0.25) is 5.88 Å². The first-order valence-electron chi connectivity index (χ1n) is 6.29. The van der Waals surface area contributed by atoms with Crippen LogP contribution >= 0.6 is 15.9 Å². The molecule has 7 heteroatoms. The van der Waals surface area contributed by atoms with E-state index in [9.17, 15) is 4.79 Å². The number of hydrogen-bond acceptors (Lipinski definition) is 5. The minimum Gasteiger partial charge on any atom is -0.475 e. The van der Waals surface area contributed by atoms with E-state index >= 15 is 0 Å². The Hall–Kier alpha value is -1.86. The number of carbonyl (C=O) groups is 1. The van der Waals surface area contributed by atoms with Gasteiger partial charge in [0, 0.05) is 25.9 Å². The van der Waals surface area contributed by atoms with Crippen LogP contribution in [0.1, 0.15) is 16.1 Å². The number of furan rings is 1. The molecule has 2 rings (SSSR count). The summed E-state index contributed by atoms with van der Waals surface area (Å²) in [5.74, 6) is 0.507. The predicted molar refractivity (Wildman–Crippen MR) is 79.2 cm³/mol. The fraction of sp³-hybridized carbons (Fsp3) is 0.286. The fourth-order valence-electron chi connectivity index (χ4n) is 1.54. The number of methoxy groups -OCH3 is 1. The Morgan fingerprint density at radius 2 is 2.19 bits per heavy atom.